The molecule has 0 spiro atoms. The minimum atomic E-state index is -3.67. The van der Waals surface area contributed by atoms with E-state index in [1.165, 1.54) is 0 Å². The van der Waals surface area contributed by atoms with Crippen LogP contribution in [0.3, 0.4) is 0 Å². The van der Waals surface area contributed by atoms with Crippen molar-refractivity contribution in [3.63, 3.8) is 0 Å². The molecule has 4 aromatic carbocycles. The van der Waals surface area contributed by atoms with Gasteiger partial charge < -0.3 is 0 Å². The molecule has 0 bridgehead atoms. The molecule has 0 aliphatic heterocycles. The molecule has 6 rings (SSSR count). The zero-order valence-corrected chi connectivity index (χ0v) is 19.1. The lowest BCUT2D eigenvalue weighted by molar-refractivity contribution is 0.601. The maximum Gasteiger partial charge on any atom is 0.261 e. The second-order valence-corrected chi connectivity index (χ2v) is 9.89. The van der Waals surface area contributed by atoms with Gasteiger partial charge in [-0.2, -0.15) is 0 Å². The molecule has 0 amide bonds. The fourth-order valence-electron chi connectivity index (χ4n) is 4.16. The summed E-state index contributed by atoms with van der Waals surface area (Å²) in [6, 6.07) is 29.9. The molecule has 0 atom stereocenters. The highest BCUT2D eigenvalue weighted by Crippen LogP contribution is 2.30. The molecule has 6 nitrogen and oxygen atoms in total. The molecule has 0 aliphatic carbocycles. The first-order valence-corrected chi connectivity index (χ1v) is 12.3. The van der Waals surface area contributed by atoms with Gasteiger partial charge in [0.2, 0.25) is 0 Å². The summed E-state index contributed by atoms with van der Waals surface area (Å²) >= 11 is 0. The number of rotatable bonds is 4. The fourth-order valence-corrected chi connectivity index (χ4v) is 5.22. The van der Waals surface area contributed by atoms with Crippen LogP contribution < -0.4 is 4.72 Å². The zero-order valence-electron chi connectivity index (χ0n) is 18.3. The molecule has 2 aromatic heterocycles. The van der Waals surface area contributed by atoms with Crippen molar-refractivity contribution in [3.05, 3.63) is 103 Å². The van der Waals surface area contributed by atoms with Crippen molar-refractivity contribution >= 4 is 43.3 Å². The van der Waals surface area contributed by atoms with Crippen molar-refractivity contribution in [1.82, 2.24) is 14.4 Å². The topological polar surface area (TPSA) is 76.4 Å². The summed E-state index contributed by atoms with van der Waals surface area (Å²) in [5.41, 5.74) is 5.90. The molecule has 1 N–H and O–H groups in total. The lowest BCUT2D eigenvalue weighted by Crippen LogP contribution is -2.12. The number of aromatic nitrogens is 3. The third kappa shape index (κ3) is 3.38. The maximum absolute atomic E-state index is 12.8. The third-order valence-electron chi connectivity index (χ3n) is 5.87. The molecule has 0 unspecified atom stereocenters. The Kier molecular flexibility index (Phi) is 4.60. The van der Waals surface area contributed by atoms with Crippen LogP contribution in [-0.2, 0) is 10.0 Å². The monoisotopic (exact) mass is 464 g/mol. The van der Waals surface area contributed by atoms with E-state index in [0.29, 0.717) is 5.69 Å². The molecule has 6 aromatic rings. The number of sulfonamides is 1. The number of imidazole rings is 1. The molecule has 0 aliphatic rings. The molecule has 166 valence electrons. The average Bonchev–Trinajstić information content (AvgIpc) is 3.24. The Labute approximate surface area is 196 Å². The van der Waals surface area contributed by atoms with Crippen LogP contribution >= 0.6 is 0 Å². The highest BCUT2D eigenvalue weighted by molar-refractivity contribution is 7.92. The second kappa shape index (κ2) is 7.67. The minimum Gasteiger partial charge on any atom is -0.280 e. The number of aryl methyl sites for hydroxylation is 1. The fraction of sp³-hybridized carbons (Fsp3) is 0.0370. The van der Waals surface area contributed by atoms with E-state index in [1.54, 1.807) is 36.4 Å². The first-order valence-electron chi connectivity index (χ1n) is 10.9. The molecule has 0 saturated heterocycles. The van der Waals surface area contributed by atoms with Gasteiger partial charge in [-0.1, -0.05) is 42.0 Å². The lowest BCUT2D eigenvalue weighted by atomic mass is 10.1. The Bertz CT molecular complexity index is 1790. The highest BCUT2D eigenvalue weighted by atomic mass is 32.2. The van der Waals surface area contributed by atoms with E-state index in [4.69, 9.17) is 9.97 Å². The Balaban J connectivity index is 1.45. The summed E-state index contributed by atoms with van der Waals surface area (Å²) in [4.78, 5) is 10.0. The number of hydrogen-bond acceptors (Lipinski definition) is 4. The lowest BCUT2D eigenvalue weighted by Gasteiger charge is -2.11. The molecule has 0 saturated carbocycles. The second-order valence-electron chi connectivity index (χ2n) is 8.21. The van der Waals surface area contributed by atoms with Crippen molar-refractivity contribution in [3.8, 4) is 11.4 Å². The quantitative estimate of drug-likeness (QED) is 0.357. The van der Waals surface area contributed by atoms with Gasteiger partial charge in [-0.15, -0.1) is 0 Å². The first kappa shape index (κ1) is 20.4. The van der Waals surface area contributed by atoms with Crippen molar-refractivity contribution < 1.29 is 8.42 Å². The molecular formula is C27H20N4O2S. The normalized spacial score (nSPS) is 11.9. The van der Waals surface area contributed by atoms with Crippen molar-refractivity contribution in [2.45, 2.75) is 11.8 Å². The molecule has 34 heavy (non-hydrogen) atoms. The van der Waals surface area contributed by atoms with E-state index < -0.39 is 10.0 Å². The Morgan fingerprint density at radius 2 is 1.41 bits per heavy atom. The van der Waals surface area contributed by atoms with Gasteiger partial charge in [0.25, 0.3) is 10.0 Å². The van der Waals surface area contributed by atoms with Gasteiger partial charge in [0.05, 0.1) is 21.4 Å². The third-order valence-corrected chi connectivity index (χ3v) is 7.27. The van der Waals surface area contributed by atoms with Crippen LogP contribution in [0, 0.1) is 6.92 Å². The van der Waals surface area contributed by atoms with Gasteiger partial charge in [-0.3, -0.25) is 9.12 Å². The maximum atomic E-state index is 12.8. The number of anilines is 1. The first-order chi connectivity index (χ1) is 16.5. The Morgan fingerprint density at radius 3 is 2.18 bits per heavy atom. The zero-order chi connectivity index (χ0) is 23.3. The average molecular weight is 465 g/mol. The molecule has 0 fully saturated rings. The summed E-state index contributed by atoms with van der Waals surface area (Å²) in [6.45, 7) is 1.92. The van der Waals surface area contributed by atoms with Gasteiger partial charge in [0.15, 0.2) is 0 Å². The molecule has 0 radical (unpaired) electrons. The summed E-state index contributed by atoms with van der Waals surface area (Å²) in [7, 11) is -3.67. The van der Waals surface area contributed by atoms with E-state index in [2.05, 4.69) is 9.12 Å². The number of benzene rings is 4. The Morgan fingerprint density at radius 1 is 0.735 bits per heavy atom. The minimum absolute atomic E-state index is 0.227. The van der Waals surface area contributed by atoms with Crippen molar-refractivity contribution in [2.75, 3.05) is 4.72 Å². The SMILES string of the molecule is Cc1ccc(S(=O)(=O)Nc2ccc(-c3nc4ccccc4c4nc5ccccc5n34)cc2)cc1. The number of nitrogens with one attached hydrogen (secondary N) is 1. The summed E-state index contributed by atoms with van der Waals surface area (Å²) in [5, 5.41) is 0.977. The van der Waals surface area contributed by atoms with E-state index in [-0.39, 0.29) is 4.90 Å². The van der Waals surface area contributed by atoms with Crippen LogP contribution in [-0.4, -0.2) is 22.8 Å². The van der Waals surface area contributed by atoms with Gasteiger partial charge in [-0.25, -0.2) is 18.4 Å². The van der Waals surface area contributed by atoms with E-state index in [0.717, 1.165) is 44.5 Å². The number of nitrogens with zero attached hydrogens (tertiary/aromatic N) is 3. The smallest absolute Gasteiger partial charge is 0.261 e. The molecular weight excluding hydrogens is 444 g/mol. The van der Waals surface area contributed by atoms with Crippen LogP contribution in [0.25, 0.3) is 39.0 Å². The highest BCUT2D eigenvalue weighted by Gasteiger charge is 2.16. The van der Waals surface area contributed by atoms with Crippen molar-refractivity contribution in [2.24, 2.45) is 0 Å². The molecule has 7 heteroatoms. The summed E-state index contributed by atoms with van der Waals surface area (Å²) in [6.07, 6.45) is 0. The van der Waals surface area contributed by atoms with Gasteiger partial charge in [-0.05, 0) is 67.6 Å². The van der Waals surface area contributed by atoms with Crippen LogP contribution in [0.15, 0.2) is 102 Å². The standard InChI is InChI=1S/C27H20N4O2S/c1-18-10-16-21(17-11-18)34(32,33)30-20-14-12-19(13-15-20)26-28-23-7-3-2-6-22(23)27-29-24-8-4-5-9-25(24)31(26)27/h2-17,30H,1H3. The van der Waals surface area contributed by atoms with E-state index in [1.807, 2.05) is 67.6 Å². The molecule has 2 heterocycles. The summed E-state index contributed by atoms with van der Waals surface area (Å²) < 4.78 is 30.2. The number of fused-ring (bicyclic) bond motifs is 5. The number of hydrogen-bond donors (Lipinski definition) is 1. The van der Waals surface area contributed by atoms with Crippen LogP contribution in [0.5, 0.6) is 0 Å². The van der Waals surface area contributed by atoms with Crippen LogP contribution in [0.4, 0.5) is 5.69 Å². The van der Waals surface area contributed by atoms with Gasteiger partial charge in [0.1, 0.15) is 11.5 Å². The van der Waals surface area contributed by atoms with E-state index >= 15 is 0 Å². The van der Waals surface area contributed by atoms with E-state index in [9.17, 15) is 8.42 Å². The van der Waals surface area contributed by atoms with Crippen molar-refractivity contribution in [1.29, 1.82) is 0 Å². The Hall–Kier alpha value is -4.23. The number of para-hydroxylation sites is 3. The largest absolute Gasteiger partial charge is 0.280 e. The predicted molar refractivity (Wildman–Crippen MR) is 135 cm³/mol. The predicted octanol–water partition coefficient (Wildman–Crippen LogP) is 5.81. The summed E-state index contributed by atoms with van der Waals surface area (Å²) in [5.74, 6) is 0.746. The van der Waals surface area contributed by atoms with Gasteiger partial charge in [0, 0.05) is 16.6 Å². The van der Waals surface area contributed by atoms with Gasteiger partial charge >= 0.3 is 0 Å². The van der Waals surface area contributed by atoms with Crippen LogP contribution in [0.2, 0.25) is 0 Å². The van der Waals surface area contributed by atoms with Crippen LogP contribution in [0.1, 0.15) is 5.56 Å².